The number of benzene rings is 1. The molecule has 1 amide bonds. The van der Waals surface area contributed by atoms with Crippen molar-refractivity contribution in [2.24, 2.45) is 5.73 Å². The Morgan fingerprint density at radius 2 is 1.93 bits per heavy atom. The SMILES string of the molecule is NC(C(=O)NO)C(O)c1ccccc1. The molecule has 1 rings (SSSR count). The molecule has 5 nitrogen and oxygen atoms in total. The Morgan fingerprint density at radius 1 is 1.36 bits per heavy atom. The van der Waals surface area contributed by atoms with E-state index in [0.29, 0.717) is 5.56 Å². The maximum atomic E-state index is 10.9. The second-order valence-electron chi connectivity index (χ2n) is 2.86. The lowest BCUT2D eigenvalue weighted by Gasteiger charge is -2.16. The highest BCUT2D eigenvalue weighted by Gasteiger charge is 2.23. The number of carbonyl (C=O) groups excluding carboxylic acids is 1. The molecule has 1 aromatic carbocycles. The van der Waals surface area contributed by atoms with Crippen molar-refractivity contribution in [3.63, 3.8) is 0 Å². The standard InChI is InChI=1S/C9H12N2O3/c10-7(9(13)11-14)8(12)6-4-2-1-3-5-6/h1-5,7-8,12,14H,10H2,(H,11,13). The first kappa shape index (κ1) is 10.6. The Morgan fingerprint density at radius 3 is 2.43 bits per heavy atom. The van der Waals surface area contributed by atoms with Crippen LogP contribution in [0.15, 0.2) is 30.3 Å². The quantitative estimate of drug-likeness (QED) is 0.389. The number of hydrogen-bond donors (Lipinski definition) is 4. The number of aliphatic hydroxyl groups is 1. The topological polar surface area (TPSA) is 95.6 Å². The molecule has 0 spiro atoms. The largest absolute Gasteiger partial charge is 0.386 e. The van der Waals surface area contributed by atoms with Crippen molar-refractivity contribution >= 4 is 5.91 Å². The molecule has 0 saturated carbocycles. The average molecular weight is 196 g/mol. The number of nitrogens with one attached hydrogen (secondary N) is 1. The lowest BCUT2D eigenvalue weighted by Crippen LogP contribution is -2.43. The van der Waals surface area contributed by atoms with Crippen LogP contribution in [0, 0.1) is 0 Å². The Bertz CT molecular complexity index is 302. The van der Waals surface area contributed by atoms with Gasteiger partial charge in [0.2, 0.25) is 0 Å². The van der Waals surface area contributed by atoms with Crippen LogP contribution in [-0.2, 0) is 4.79 Å². The highest BCUT2D eigenvalue weighted by Crippen LogP contribution is 2.14. The molecule has 2 atom stereocenters. The van der Waals surface area contributed by atoms with Gasteiger partial charge in [0.1, 0.15) is 12.1 Å². The number of amides is 1. The second kappa shape index (κ2) is 4.71. The first-order chi connectivity index (χ1) is 6.66. The van der Waals surface area contributed by atoms with Crippen molar-refractivity contribution in [2.45, 2.75) is 12.1 Å². The summed E-state index contributed by atoms with van der Waals surface area (Å²) in [4.78, 5) is 10.9. The zero-order chi connectivity index (χ0) is 10.6. The third-order valence-corrected chi connectivity index (χ3v) is 1.89. The van der Waals surface area contributed by atoms with Gasteiger partial charge in [-0.3, -0.25) is 10.0 Å². The van der Waals surface area contributed by atoms with Crippen LogP contribution < -0.4 is 11.2 Å². The van der Waals surface area contributed by atoms with Crippen LogP contribution in [0.1, 0.15) is 11.7 Å². The first-order valence-corrected chi connectivity index (χ1v) is 4.09. The van der Waals surface area contributed by atoms with Gasteiger partial charge in [-0.05, 0) is 5.56 Å². The summed E-state index contributed by atoms with van der Waals surface area (Å²) in [5.74, 6) is -0.818. The highest BCUT2D eigenvalue weighted by molar-refractivity contribution is 5.81. The van der Waals surface area contributed by atoms with Gasteiger partial charge in [0.15, 0.2) is 0 Å². The Labute approximate surface area is 81.1 Å². The fourth-order valence-electron chi connectivity index (χ4n) is 1.08. The van der Waals surface area contributed by atoms with E-state index in [1.54, 1.807) is 30.3 Å². The number of hydroxylamine groups is 1. The number of aliphatic hydroxyl groups excluding tert-OH is 1. The van der Waals surface area contributed by atoms with E-state index in [1.165, 1.54) is 5.48 Å². The van der Waals surface area contributed by atoms with Crippen LogP contribution >= 0.6 is 0 Å². The van der Waals surface area contributed by atoms with Gasteiger partial charge in [-0.1, -0.05) is 30.3 Å². The van der Waals surface area contributed by atoms with E-state index in [1.807, 2.05) is 0 Å². The number of nitrogens with two attached hydrogens (primary N) is 1. The Balaban J connectivity index is 2.75. The van der Waals surface area contributed by atoms with Crippen molar-refractivity contribution in [1.29, 1.82) is 0 Å². The predicted molar refractivity (Wildman–Crippen MR) is 49.3 cm³/mol. The lowest BCUT2D eigenvalue weighted by atomic mass is 10.0. The predicted octanol–water partition coefficient (Wildman–Crippen LogP) is -0.447. The third kappa shape index (κ3) is 2.29. The molecule has 76 valence electrons. The van der Waals surface area contributed by atoms with E-state index in [-0.39, 0.29) is 0 Å². The fourth-order valence-corrected chi connectivity index (χ4v) is 1.08. The molecular formula is C9H12N2O3. The Hall–Kier alpha value is -1.43. The maximum absolute atomic E-state index is 10.9. The van der Waals surface area contributed by atoms with Crippen LogP contribution in [0.3, 0.4) is 0 Å². The summed E-state index contributed by atoms with van der Waals surface area (Å²) in [6.07, 6.45) is -1.12. The van der Waals surface area contributed by atoms with E-state index >= 15 is 0 Å². The number of rotatable bonds is 3. The zero-order valence-electron chi connectivity index (χ0n) is 7.42. The van der Waals surface area contributed by atoms with Gasteiger partial charge in [-0.2, -0.15) is 0 Å². The molecule has 5 N–H and O–H groups in total. The molecule has 0 saturated heterocycles. The van der Waals surface area contributed by atoms with Crippen molar-refractivity contribution in [1.82, 2.24) is 5.48 Å². The summed E-state index contributed by atoms with van der Waals surface area (Å²) >= 11 is 0. The molecule has 0 aromatic heterocycles. The van der Waals surface area contributed by atoms with E-state index in [0.717, 1.165) is 0 Å². The molecule has 0 radical (unpaired) electrons. The van der Waals surface area contributed by atoms with Crippen molar-refractivity contribution in [2.75, 3.05) is 0 Å². The van der Waals surface area contributed by atoms with Crippen LogP contribution in [0.4, 0.5) is 0 Å². The number of carbonyl (C=O) groups is 1. The summed E-state index contributed by atoms with van der Waals surface area (Å²) in [7, 11) is 0. The highest BCUT2D eigenvalue weighted by atomic mass is 16.5. The first-order valence-electron chi connectivity index (χ1n) is 4.09. The monoisotopic (exact) mass is 196 g/mol. The van der Waals surface area contributed by atoms with Crippen LogP contribution in [0.25, 0.3) is 0 Å². The van der Waals surface area contributed by atoms with Crippen LogP contribution in [0.5, 0.6) is 0 Å². The van der Waals surface area contributed by atoms with Crippen LogP contribution in [0.2, 0.25) is 0 Å². The third-order valence-electron chi connectivity index (χ3n) is 1.89. The van der Waals surface area contributed by atoms with Gasteiger partial charge in [0, 0.05) is 0 Å². The van der Waals surface area contributed by atoms with Crippen LogP contribution in [-0.4, -0.2) is 22.3 Å². The van der Waals surface area contributed by atoms with E-state index in [9.17, 15) is 9.90 Å². The maximum Gasteiger partial charge on any atom is 0.263 e. The molecular weight excluding hydrogens is 184 g/mol. The van der Waals surface area contributed by atoms with Gasteiger partial charge < -0.3 is 10.8 Å². The normalized spacial score (nSPS) is 14.5. The molecule has 1 aromatic rings. The van der Waals surface area contributed by atoms with E-state index in [2.05, 4.69) is 0 Å². The zero-order valence-corrected chi connectivity index (χ0v) is 7.42. The lowest BCUT2D eigenvalue weighted by molar-refractivity contribution is -0.133. The smallest absolute Gasteiger partial charge is 0.263 e. The molecule has 0 aliphatic carbocycles. The molecule has 0 fully saturated rings. The minimum atomic E-state index is -1.18. The van der Waals surface area contributed by atoms with Gasteiger partial charge in [0.25, 0.3) is 5.91 Å². The van der Waals surface area contributed by atoms with Gasteiger partial charge >= 0.3 is 0 Å². The average Bonchev–Trinajstić information content (AvgIpc) is 2.27. The molecule has 5 heteroatoms. The molecule has 0 aliphatic heterocycles. The molecule has 0 aliphatic rings. The minimum absolute atomic E-state index is 0.531. The van der Waals surface area contributed by atoms with Gasteiger partial charge in [-0.25, -0.2) is 5.48 Å². The molecule has 14 heavy (non-hydrogen) atoms. The van der Waals surface area contributed by atoms with Crippen molar-refractivity contribution in [3.05, 3.63) is 35.9 Å². The molecule has 0 heterocycles. The van der Waals surface area contributed by atoms with Crippen molar-refractivity contribution in [3.8, 4) is 0 Å². The molecule has 0 bridgehead atoms. The van der Waals surface area contributed by atoms with Crippen molar-refractivity contribution < 1.29 is 15.1 Å². The summed E-state index contributed by atoms with van der Waals surface area (Å²) in [6, 6.07) is 7.35. The van der Waals surface area contributed by atoms with E-state index in [4.69, 9.17) is 10.9 Å². The number of hydrogen-bond acceptors (Lipinski definition) is 4. The summed E-state index contributed by atoms with van der Waals surface area (Å²) < 4.78 is 0. The molecule has 2 unspecified atom stereocenters. The summed E-state index contributed by atoms with van der Waals surface area (Å²) in [5.41, 5.74) is 7.30. The summed E-state index contributed by atoms with van der Waals surface area (Å²) in [6.45, 7) is 0. The Kier molecular flexibility index (Phi) is 3.58. The minimum Gasteiger partial charge on any atom is -0.386 e. The fraction of sp³-hybridized carbons (Fsp3) is 0.222. The van der Waals surface area contributed by atoms with Gasteiger partial charge in [0.05, 0.1) is 0 Å². The van der Waals surface area contributed by atoms with Gasteiger partial charge in [-0.15, -0.1) is 0 Å². The van der Waals surface area contributed by atoms with E-state index < -0.39 is 18.1 Å². The second-order valence-corrected chi connectivity index (χ2v) is 2.86. The summed E-state index contributed by atoms with van der Waals surface area (Å²) in [5, 5.41) is 17.9.